The number of amides is 4. The van der Waals surface area contributed by atoms with Crippen LogP contribution in [0, 0.1) is 6.92 Å². The Labute approximate surface area is 199 Å². The van der Waals surface area contributed by atoms with E-state index < -0.39 is 45.8 Å². The summed E-state index contributed by atoms with van der Waals surface area (Å²) in [5, 5.41) is 2.80. The molecular weight excluding hydrogens is 454 g/mol. The third-order valence-corrected chi connectivity index (χ3v) is 8.46. The minimum Gasteiger partial charge on any atom is -0.333 e. The monoisotopic (exact) mass is 483 g/mol. The summed E-state index contributed by atoms with van der Waals surface area (Å²) >= 11 is 0. The first kappa shape index (κ1) is 23.9. The molecule has 0 spiro atoms. The van der Waals surface area contributed by atoms with E-state index in [0.717, 1.165) is 16.0 Å². The molecule has 2 fully saturated rings. The van der Waals surface area contributed by atoms with Crippen molar-refractivity contribution >= 4 is 27.7 Å². The second-order valence-corrected chi connectivity index (χ2v) is 11.2. The van der Waals surface area contributed by atoms with Gasteiger partial charge in [0.1, 0.15) is 12.1 Å². The summed E-state index contributed by atoms with van der Waals surface area (Å²) in [6, 6.07) is 15.5. The maximum Gasteiger partial charge on any atom is 0.325 e. The van der Waals surface area contributed by atoms with Crippen LogP contribution in [0.4, 0.5) is 4.79 Å². The Morgan fingerprint density at radius 3 is 2.38 bits per heavy atom. The Bertz CT molecular complexity index is 1200. The van der Waals surface area contributed by atoms with Gasteiger partial charge in [-0.15, -0.1) is 0 Å². The Kier molecular flexibility index (Phi) is 6.49. The van der Waals surface area contributed by atoms with Gasteiger partial charge < -0.3 is 10.2 Å². The van der Waals surface area contributed by atoms with E-state index in [9.17, 15) is 22.8 Å². The molecule has 8 nitrogen and oxygen atoms in total. The summed E-state index contributed by atoms with van der Waals surface area (Å²) in [6.07, 6.45) is 0.670. The fourth-order valence-electron chi connectivity index (χ4n) is 4.70. The van der Waals surface area contributed by atoms with Crippen LogP contribution in [0.5, 0.6) is 0 Å². The largest absolute Gasteiger partial charge is 0.333 e. The van der Waals surface area contributed by atoms with Crippen LogP contribution >= 0.6 is 0 Å². The molecule has 2 aliphatic heterocycles. The average Bonchev–Trinajstić information content (AvgIpc) is 3.30. The fraction of sp³-hybridized carbons (Fsp3) is 0.400. The van der Waals surface area contributed by atoms with Crippen LogP contribution in [0.1, 0.15) is 36.5 Å². The number of urea groups is 1. The lowest BCUT2D eigenvalue weighted by molar-refractivity contribution is -0.140. The third-order valence-electron chi connectivity index (χ3n) is 6.71. The number of nitrogens with zero attached hydrogens (tertiary/aromatic N) is 2. The Morgan fingerprint density at radius 2 is 1.79 bits per heavy atom. The normalized spacial score (nSPS) is 23.7. The number of benzene rings is 2. The highest BCUT2D eigenvalue weighted by Gasteiger charge is 2.52. The Hall–Kier alpha value is -3.20. The lowest BCUT2D eigenvalue weighted by Crippen LogP contribution is -2.48. The van der Waals surface area contributed by atoms with Crippen molar-refractivity contribution in [2.24, 2.45) is 0 Å². The van der Waals surface area contributed by atoms with Gasteiger partial charge in [0, 0.05) is 12.6 Å². The summed E-state index contributed by atoms with van der Waals surface area (Å²) in [6.45, 7) is 3.52. The van der Waals surface area contributed by atoms with E-state index in [2.05, 4.69) is 5.32 Å². The molecule has 2 saturated heterocycles. The smallest absolute Gasteiger partial charge is 0.325 e. The van der Waals surface area contributed by atoms with Crippen molar-refractivity contribution in [3.63, 3.8) is 0 Å². The average molecular weight is 484 g/mol. The van der Waals surface area contributed by atoms with E-state index >= 15 is 0 Å². The maximum atomic E-state index is 13.5. The molecule has 9 heteroatoms. The van der Waals surface area contributed by atoms with Crippen molar-refractivity contribution in [1.29, 1.82) is 0 Å². The number of hydrogen-bond donors (Lipinski definition) is 1. The first-order chi connectivity index (χ1) is 16.1. The van der Waals surface area contributed by atoms with Crippen LogP contribution in [0.2, 0.25) is 0 Å². The quantitative estimate of drug-likeness (QED) is 0.609. The number of carbonyl (C=O) groups is 3. The summed E-state index contributed by atoms with van der Waals surface area (Å²) in [4.78, 5) is 42.2. The van der Waals surface area contributed by atoms with Gasteiger partial charge in [0.2, 0.25) is 5.91 Å². The molecule has 2 aliphatic rings. The van der Waals surface area contributed by atoms with Gasteiger partial charge >= 0.3 is 6.03 Å². The van der Waals surface area contributed by atoms with E-state index in [1.165, 1.54) is 4.90 Å². The zero-order valence-electron chi connectivity index (χ0n) is 19.4. The first-order valence-corrected chi connectivity index (χ1v) is 13.2. The predicted molar refractivity (Wildman–Crippen MR) is 127 cm³/mol. The number of imide groups is 1. The second kappa shape index (κ2) is 9.21. The number of aryl methyl sites for hydroxylation is 1. The molecule has 180 valence electrons. The molecule has 0 aromatic heterocycles. The molecule has 1 N–H and O–H groups in total. The first-order valence-electron chi connectivity index (χ1n) is 11.4. The molecule has 2 aromatic carbocycles. The van der Waals surface area contributed by atoms with Crippen LogP contribution < -0.4 is 5.32 Å². The zero-order chi connectivity index (χ0) is 24.5. The maximum absolute atomic E-state index is 13.5. The predicted octanol–water partition coefficient (Wildman–Crippen LogP) is 2.37. The van der Waals surface area contributed by atoms with E-state index in [4.69, 9.17) is 0 Å². The lowest BCUT2D eigenvalue weighted by Gasteiger charge is -2.30. The minimum atomic E-state index is -3.23. The molecule has 2 aromatic rings. The molecule has 2 atom stereocenters. The molecule has 4 rings (SSSR count). The van der Waals surface area contributed by atoms with Gasteiger partial charge in [0.25, 0.3) is 5.91 Å². The zero-order valence-corrected chi connectivity index (χ0v) is 20.2. The molecule has 0 aliphatic carbocycles. The van der Waals surface area contributed by atoms with Crippen molar-refractivity contribution in [3.05, 3.63) is 71.3 Å². The molecular formula is C25H29N3O5S. The van der Waals surface area contributed by atoms with Crippen LogP contribution in [0.3, 0.4) is 0 Å². The highest BCUT2D eigenvalue weighted by molar-refractivity contribution is 7.91. The Morgan fingerprint density at radius 1 is 1.12 bits per heavy atom. The molecule has 4 amide bonds. The number of nitrogens with one attached hydrogen (secondary N) is 1. The standard InChI is InChI=1S/C25H29N3O5S/c1-3-25(20-11-9-18(2)10-12-20)23(30)28(24(31)26-25)16-22(29)27(15-19-7-5-4-6-8-19)21-13-14-34(32,33)17-21/h4-12,21H,3,13-17H2,1-2H3,(H,26,31). The van der Waals surface area contributed by atoms with Crippen molar-refractivity contribution in [2.45, 2.75) is 44.8 Å². The molecule has 2 heterocycles. The summed E-state index contributed by atoms with van der Waals surface area (Å²) in [5.41, 5.74) is 1.31. The summed E-state index contributed by atoms with van der Waals surface area (Å²) < 4.78 is 24.2. The minimum absolute atomic E-state index is 0.0196. The molecule has 0 radical (unpaired) electrons. The third kappa shape index (κ3) is 4.57. The lowest BCUT2D eigenvalue weighted by atomic mass is 9.86. The van der Waals surface area contributed by atoms with Gasteiger partial charge in [0.15, 0.2) is 9.84 Å². The summed E-state index contributed by atoms with van der Waals surface area (Å²) in [7, 11) is -3.23. The van der Waals surface area contributed by atoms with Crippen LogP contribution in [0.15, 0.2) is 54.6 Å². The molecule has 2 unspecified atom stereocenters. The van der Waals surface area contributed by atoms with E-state index in [-0.39, 0.29) is 18.1 Å². The van der Waals surface area contributed by atoms with Gasteiger partial charge in [-0.1, -0.05) is 67.1 Å². The molecule has 34 heavy (non-hydrogen) atoms. The van der Waals surface area contributed by atoms with Crippen LogP contribution in [0.25, 0.3) is 0 Å². The van der Waals surface area contributed by atoms with Crippen molar-refractivity contribution in [2.75, 3.05) is 18.1 Å². The van der Waals surface area contributed by atoms with Gasteiger partial charge in [-0.2, -0.15) is 0 Å². The van der Waals surface area contributed by atoms with Gasteiger partial charge in [0.05, 0.1) is 11.5 Å². The van der Waals surface area contributed by atoms with E-state index in [1.54, 1.807) is 0 Å². The number of carbonyl (C=O) groups excluding carboxylic acids is 3. The van der Waals surface area contributed by atoms with Gasteiger partial charge in [-0.25, -0.2) is 13.2 Å². The van der Waals surface area contributed by atoms with Crippen LogP contribution in [-0.2, 0) is 31.5 Å². The van der Waals surface area contributed by atoms with E-state index in [1.807, 2.05) is 68.4 Å². The number of hydrogen-bond acceptors (Lipinski definition) is 5. The molecule has 0 bridgehead atoms. The van der Waals surface area contributed by atoms with Gasteiger partial charge in [-0.05, 0) is 30.9 Å². The van der Waals surface area contributed by atoms with Crippen molar-refractivity contribution < 1.29 is 22.8 Å². The molecule has 0 saturated carbocycles. The number of sulfone groups is 1. The summed E-state index contributed by atoms with van der Waals surface area (Å²) in [5.74, 6) is -1.03. The van der Waals surface area contributed by atoms with E-state index in [0.29, 0.717) is 18.4 Å². The second-order valence-electron chi connectivity index (χ2n) is 9.01. The highest BCUT2D eigenvalue weighted by atomic mass is 32.2. The van der Waals surface area contributed by atoms with Crippen molar-refractivity contribution in [3.8, 4) is 0 Å². The van der Waals surface area contributed by atoms with Gasteiger partial charge in [-0.3, -0.25) is 14.5 Å². The topological polar surface area (TPSA) is 104 Å². The van der Waals surface area contributed by atoms with Crippen LogP contribution in [-0.4, -0.2) is 60.2 Å². The SMILES string of the molecule is CCC1(c2ccc(C)cc2)NC(=O)N(CC(=O)N(Cc2ccccc2)C2CCS(=O)(=O)C2)C1=O. The Balaban J connectivity index is 1.58. The number of rotatable bonds is 7. The van der Waals surface area contributed by atoms with Crippen molar-refractivity contribution in [1.82, 2.24) is 15.1 Å². The fourth-order valence-corrected chi connectivity index (χ4v) is 6.43. The highest BCUT2D eigenvalue weighted by Crippen LogP contribution is 2.33.